The number of aromatic nitrogens is 2. The highest BCUT2D eigenvalue weighted by Gasteiger charge is 2.12. The van der Waals surface area contributed by atoms with E-state index in [1.165, 1.54) is 26.6 Å². The van der Waals surface area contributed by atoms with Crippen molar-refractivity contribution in [2.45, 2.75) is 0 Å². The Kier molecular flexibility index (Phi) is 5.21. The van der Waals surface area contributed by atoms with Gasteiger partial charge in [-0.15, -0.1) is 0 Å². The molecule has 0 saturated carbocycles. The predicted octanol–water partition coefficient (Wildman–Crippen LogP) is 2.52. The van der Waals surface area contributed by atoms with Crippen molar-refractivity contribution in [2.24, 2.45) is 0 Å². The lowest BCUT2D eigenvalue weighted by atomic mass is 10.1. The first-order chi connectivity index (χ1) is 11.5. The van der Waals surface area contributed by atoms with Crippen molar-refractivity contribution in [1.29, 1.82) is 0 Å². The number of carbonyl (C=O) groups is 2. The summed E-state index contributed by atoms with van der Waals surface area (Å²) < 4.78 is 9.24. The lowest BCUT2D eigenvalue weighted by Crippen LogP contribution is -2.03. The SMILES string of the molecule is C=C(C(=O)OC)c1ccc(-c2ccc(C(=C)C(=O)OC)cn2)nc1. The van der Waals surface area contributed by atoms with Gasteiger partial charge >= 0.3 is 11.9 Å². The lowest BCUT2D eigenvalue weighted by Gasteiger charge is -2.06. The summed E-state index contributed by atoms with van der Waals surface area (Å²) in [6.45, 7) is 7.34. The molecule has 0 aromatic carbocycles. The molecule has 0 atom stereocenters. The average Bonchev–Trinajstić information content (AvgIpc) is 2.65. The quantitative estimate of drug-likeness (QED) is 0.621. The third-order valence-corrected chi connectivity index (χ3v) is 3.35. The maximum atomic E-state index is 11.4. The second-order valence-electron chi connectivity index (χ2n) is 4.80. The molecular weight excluding hydrogens is 308 g/mol. The van der Waals surface area contributed by atoms with E-state index < -0.39 is 11.9 Å². The van der Waals surface area contributed by atoms with Gasteiger partial charge in [-0.1, -0.05) is 25.3 Å². The molecule has 0 amide bonds. The normalized spacial score (nSPS) is 9.92. The molecule has 0 bridgehead atoms. The number of ether oxygens (including phenoxy) is 2. The van der Waals surface area contributed by atoms with Gasteiger partial charge in [-0.2, -0.15) is 0 Å². The molecule has 0 aliphatic heterocycles. The first-order valence-corrected chi connectivity index (χ1v) is 6.95. The minimum absolute atomic E-state index is 0.231. The molecule has 2 heterocycles. The zero-order valence-electron chi connectivity index (χ0n) is 13.4. The predicted molar refractivity (Wildman–Crippen MR) is 89.6 cm³/mol. The third kappa shape index (κ3) is 3.55. The van der Waals surface area contributed by atoms with E-state index in [9.17, 15) is 9.59 Å². The summed E-state index contributed by atoms with van der Waals surface area (Å²) in [5.74, 6) is -1.01. The van der Waals surface area contributed by atoms with Gasteiger partial charge in [0, 0.05) is 23.5 Å². The van der Waals surface area contributed by atoms with Gasteiger partial charge in [0.2, 0.25) is 0 Å². The van der Waals surface area contributed by atoms with Crippen molar-refractivity contribution in [3.05, 3.63) is 60.9 Å². The average molecular weight is 324 g/mol. The van der Waals surface area contributed by atoms with Crippen LogP contribution in [0.1, 0.15) is 11.1 Å². The maximum Gasteiger partial charge on any atom is 0.337 e. The van der Waals surface area contributed by atoms with Gasteiger partial charge < -0.3 is 9.47 Å². The summed E-state index contributed by atoms with van der Waals surface area (Å²) in [6, 6.07) is 6.87. The van der Waals surface area contributed by atoms with Crippen molar-refractivity contribution in [3.63, 3.8) is 0 Å². The smallest absolute Gasteiger partial charge is 0.337 e. The molecule has 0 aliphatic rings. The molecule has 6 nitrogen and oxygen atoms in total. The number of carbonyl (C=O) groups excluding carboxylic acids is 2. The molecule has 24 heavy (non-hydrogen) atoms. The zero-order valence-corrected chi connectivity index (χ0v) is 13.4. The summed E-state index contributed by atoms with van der Waals surface area (Å²) in [6.07, 6.45) is 3.05. The van der Waals surface area contributed by atoms with Crippen LogP contribution in [-0.2, 0) is 19.1 Å². The van der Waals surface area contributed by atoms with Gasteiger partial charge in [-0.25, -0.2) is 9.59 Å². The van der Waals surface area contributed by atoms with Gasteiger partial charge in [0.15, 0.2) is 0 Å². The fraction of sp³-hybridized carbons (Fsp3) is 0.111. The van der Waals surface area contributed by atoms with Crippen LogP contribution in [0.25, 0.3) is 22.5 Å². The summed E-state index contributed by atoms with van der Waals surface area (Å²) in [5.41, 5.74) is 2.84. The van der Waals surface area contributed by atoms with Crippen LogP contribution in [0, 0.1) is 0 Å². The van der Waals surface area contributed by atoms with Crippen LogP contribution in [0.3, 0.4) is 0 Å². The molecule has 6 heteroatoms. The van der Waals surface area contributed by atoms with Crippen LogP contribution in [0.5, 0.6) is 0 Å². The Morgan fingerprint density at radius 1 is 0.792 bits per heavy atom. The van der Waals surface area contributed by atoms with Gasteiger partial charge in [0.05, 0.1) is 36.8 Å². The number of esters is 2. The van der Waals surface area contributed by atoms with Crippen LogP contribution >= 0.6 is 0 Å². The molecule has 0 radical (unpaired) electrons. The second kappa shape index (κ2) is 7.32. The van der Waals surface area contributed by atoms with Crippen LogP contribution in [-0.4, -0.2) is 36.1 Å². The molecule has 2 rings (SSSR count). The maximum absolute atomic E-state index is 11.4. The molecule has 0 N–H and O–H groups in total. The van der Waals surface area contributed by atoms with E-state index in [0.29, 0.717) is 22.5 Å². The van der Waals surface area contributed by atoms with Gasteiger partial charge in [-0.05, 0) is 12.1 Å². The van der Waals surface area contributed by atoms with E-state index in [0.717, 1.165) is 0 Å². The Hall–Kier alpha value is -3.28. The number of pyridine rings is 2. The highest BCUT2D eigenvalue weighted by atomic mass is 16.5. The topological polar surface area (TPSA) is 78.4 Å². The minimum atomic E-state index is -0.506. The first-order valence-electron chi connectivity index (χ1n) is 6.95. The van der Waals surface area contributed by atoms with Crippen molar-refractivity contribution < 1.29 is 19.1 Å². The molecule has 0 aliphatic carbocycles. The molecule has 2 aromatic heterocycles. The summed E-state index contributed by atoms with van der Waals surface area (Å²) >= 11 is 0. The number of hydrogen-bond donors (Lipinski definition) is 0. The van der Waals surface area contributed by atoms with Crippen molar-refractivity contribution in [2.75, 3.05) is 14.2 Å². The number of hydrogen-bond acceptors (Lipinski definition) is 6. The lowest BCUT2D eigenvalue weighted by molar-refractivity contribution is -0.134. The fourth-order valence-electron chi connectivity index (χ4n) is 1.93. The number of nitrogens with zero attached hydrogens (tertiary/aromatic N) is 2. The summed E-state index contributed by atoms with van der Waals surface area (Å²) in [7, 11) is 2.59. The highest BCUT2D eigenvalue weighted by molar-refractivity contribution is 6.16. The van der Waals surface area contributed by atoms with E-state index in [1.54, 1.807) is 24.3 Å². The van der Waals surface area contributed by atoms with Crippen molar-refractivity contribution in [3.8, 4) is 11.4 Å². The Labute approximate surface area is 139 Å². The molecule has 0 fully saturated rings. The second-order valence-corrected chi connectivity index (χ2v) is 4.80. The van der Waals surface area contributed by atoms with Crippen LogP contribution < -0.4 is 0 Å². The molecule has 0 spiro atoms. The highest BCUT2D eigenvalue weighted by Crippen LogP contribution is 2.20. The summed E-state index contributed by atoms with van der Waals surface area (Å²) in [4.78, 5) is 31.4. The Bertz CT molecular complexity index is 723. The van der Waals surface area contributed by atoms with Gasteiger partial charge in [-0.3, -0.25) is 9.97 Å². The monoisotopic (exact) mass is 324 g/mol. The molecule has 0 unspecified atom stereocenters. The number of methoxy groups -OCH3 is 2. The third-order valence-electron chi connectivity index (χ3n) is 3.35. The van der Waals surface area contributed by atoms with E-state index in [4.69, 9.17) is 0 Å². The molecule has 0 saturated heterocycles. The first kappa shape index (κ1) is 17.1. The van der Waals surface area contributed by atoms with E-state index in [-0.39, 0.29) is 11.1 Å². The van der Waals surface area contributed by atoms with E-state index in [2.05, 4.69) is 32.6 Å². The van der Waals surface area contributed by atoms with E-state index >= 15 is 0 Å². The minimum Gasteiger partial charge on any atom is -0.465 e. The fourth-order valence-corrected chi connectivity index (χ4v) is 1.93. The zero-order chi connectivity index (χ0) is 17.7. The Morgan fingerprint density at radius 2 is 1.17 bits per heavy atom. The molecule has 122 valence electrons. The van der Waals surface area contributed by atoms with Crippen LogP contribution in [0.4, 0.5) is 0 Å². The van der Waals surface area contributed by atoms with Gasteiger partial charge in [0.1, 0.15) is 0 Å². The van der Waals surface area contributed by atoms with Crippen LogP contribution in [0.2, 0.25) is 0 Å². The number of rotatable bonds is 5. The molecule has 2 aromatic rings. The van der Waals surface area contributed by atoms with Crippen molar-refractivity contribution >= 4 is 23.1 Å². The Balaban J connectivity index is 2.21. The molecular formula is C18H16N2O4. The Morgan fingerprint density at radius 3 is 1.42 bits per heavy atom. The van der Waals surface area contributed by atoms with Crippen molar-refractivity contribution in [1.82, 2.24) is 9.97 Å². The summed E-state index contributed by atoms with van der Waals surface area (Å²) in [5, 5.41) is 0. The van der Waals surface area contributed by atoms with Crippen LogP contribution in [0.15, 0.2) is 49.8 Å². The largest absolute Gasteiger partial charge is 0.465 e. The standard InChI is InChI=1S/C18H16N2O4/c1-11(17(21)23-3)13-5-7-15(19-9-13)16-8-6-14(10-20-16)12(2)18(22)24-4/h5-10H,1-2H2,3-4H3. The van der Waals surface area contributed by atoms with Gasteiger partial charge in [0.25, 0.3) is 0 Å². The van der Waals surface area contributed by atoms with E-state index in [1.807, 2.05) is 0 Å².